The van der Waals surface area contributed by atoms with E-state index in [0.29, 0.717) is 11.6 Å². The second-order valence-electron chi connectivity index (χ2n) is 8.93. The van der Waals surface area contributed by atoms with Crippen molar-refractivity contribution in [3.8, 4) is 0 Å². The van der Waals surface area contributed by atoms with Crippen LogP contribution < -0.4 is 0 Å². The first-order valence-electron chi connectivity index (χ1n) is 10.4. The Morgan fingerprint density at radius 3 is 2.21 bits per heavy atom. The summed E-state index contributed by atoms with van der Waals surface area (Å²) in [4.78, 5) is 10.8. The average Bonchev–Trinajstić information content (AvgIpc) is 2.55. The molecule has 0 aliphatic carbocycles. The maximum atomic E-state index is 2.78. The van der Waals surface area contributed by atoms with Crippen LogP contribution in [0.3, 0.4) is 0 Å². The number of piperidine rings is 1. The summed E-state index contributed by atoms with van der Waals surface area (Å²) in [6.45, 7) is 18.3. The van der Waals surface area contributed by atoms with Crippen molar-refractivity contribution >= 4 is 0 Å². The van der Waals surface area contributed by atoms with Gasteiger partial charge in [-0.2, -0.15) is 0 Å². The number of hydrogen-bond donors (Lipinski definition) is 0. The highest BCUT2D eigenvalue weighted by Crippen LogP contribution is 2.39. The molecule has 0 aromatic heterocycles. The van der Waals surface area contributed by atoms with Gasteiger partial charge in [-0.05, 0) is 60.0 Å². The Balaban J connectivity index is 1.50. The van der Waals surface area contributed by atoms with E-state index in [1.165, 1.54) is 71.5 Å². The molecule has 4 heteroatoms. The van der Waals surface area contributed by atoms with E-state index in [4.69, 9.17) is 0 Å². The first-order chi connectivity index (χ1) is 11.4. The van der Waals surface area contributed by atoms with Crippen LogP contribution in [0.25, 0.3) is 0 Å². The highest BCUT2D eigenvalue weighted by atomic mass is 15.4. The lowest BCUT2D eigenvalue weighted by molar-refractivity contribution is -0.0921. The first kappa shape index (κ1) is 18.6. The molecule has 0 radical (unpaired) electrons. The van der Waals surface area contributed by atoms with Crippen LogP contribution in [0.1, 0.15) is 53.4 Å². The third kappa shape index (κ3) is 3.67. The minimum atomic E-state index is 0.509. The second-order valence-corrected chi connectivity index (χ2v) is 8.93. The Bertz CT molecular complexity index is 396. The monoisotopic (exact) mass is 336 g/mol. The van der Waals surface area contributed by atoms with Crippen LogP contribution in [0.2, 0.25) is 0 Å². The molecule has 1 spiro atoms. The molecule has 4 nitrogen and oxygen atoms in total. The minimum absolute atomic E-state index is 0.509. The van der Waals surface area contributed by atoms with Crippen LogP contribution in [0.5, 0.6) is 0 Å². The Morgan fingerprint density at radius 2 is 1.62 bits per heavy atom. The van der Waals surface area contributed by atoms with Crippen LogP contribution in [0.4, 0.5) is 0 Å². The van der Waals surface area contributed by atoms with Crippen molar-refractivity contribution in [2.75, 3.05) is 52.9 Å². The molecule has 3 saturated heterocycles. The number of rotatable bonds is 5. The molecular formula is C20H40N4. The molecule has 0 aromatic carbocycles. The fourth-order valence-electron chi connectivity index (χ4n) is 5.33. The topological polar surface area (TPSA) is 13.0 Å². The fourth-order valence-corrected chi connectivity index (χ4v) is 5.33. The summed E-state index contributed by atoms with van der Waals surface area (Å²) in [6.07, 6.45) is 5.60. The van der Waals surface area contributed by atoms with Gasteiger partial charge in [0.25, 0.3) is 0 Å². The summed E-state index contributed by atoms with van der Waals surface area (Å²) in [5.41, 5.74) is 0.509. The van der Waals surface area contributed by atoms with E-state index in [2.05, 4.69) is 54.3 Å². The smallest absolute Gasteiger partial charge is 0.0463 e. The number of piperazine rings is 1. The Labute approximate surface area is 150 Å². The Kier molecular flexibility index (Phi) is 5.90. The summed E-state index contributed by atoms with van der Waals surface area (Å²) in [7, 11) is 2.42. The van der Waals surface area contributed by atoms with Crippen molar-refractivity contribution in [1.29, 1.82) is 0 Å². The van der Waals surface area contributed by atoms with E-state index >= 15 is 0 Å². The van der Waals surface area contributed by atoms with Gasteiger partial charge in [-0.15, -0.1) is 0 Å². The maximum absolute atomic E-state index is 2.78. The van der Waals surface area contributed by atoms with Crippen LogP contribution in [0.15, 0.2) is 0 Å². The number of hydrogen-bond acceptors (Lipinski definition) is 4. The largest absolute Gasteiger partial charge is 0.300 e. The fraction of sp³-hybridized carbons (Fsp3) is 1.00. The Morgan fingerprint density at radius 1 is 1.00 bits per heavy atom. The molecule has 3 aliphatic heterocycles. The van der Waals surface area contributed by atoms with E-state index in [1.54, 1.807) is 0 Å². The van der Waals surface area contributed by atoms with Gasteiger partial charge in [0.2, 0.25) is 0 Å². The van der Waals surface area contributed by atoms with Crippen LogP contribution in [-0.2, 0) is 0 Å². The lowest BCUT2D eigenvalue weighted by atomic mass is 9.76. The van der Waals surface area contributed by atoms with Gasteiger partial charge < -0.3 is 0 Å². The van der Waals surface area contributed by atoms with E-state index in [0.717, 1.165) is 12.1 Å². The zero-order chi connectivity index (χ0) is 17.3. The average molecular weight is 337 g/mol. The van der Waals surface area contributed by atoms with Gasteiger partial charge in [0.15, 0.2) is 0 Å². The summed E-state index contributed by atoms with van der Waals surface area (Å²) >= 11 is 0. The minimum Gasteiger partial charge on any atom is -0.300 e. The zero-order valence-corrected chi connectivity index (χ0v) is 16.8. The van der Waals surface area contributed by atoms with Crippen LogP contribution >= 0.6 is 0 Å². The molecule has 3 aliphatic rings. The third-order valence-corrected chi connectivity index (χ3v) is 7.27. The molecule has 0 aromatic rings. The predicted molar refractivity (Wildman–Crippen MR) is 103 cm³/mol. The molecule has 3 fully saturated rings. The van der Waals surface area contributed by atoms with Gasteiger partial charge >= 0.3 is 0 Å². The number of nitrogens with zero attached hydrogens (tertiary/aromatic N) is 4. The lowest BCUT2D eigenvalue weighted by Crippen LogP contribution is -2.72. The van der Waals surface area contributed by atoms with E-state index in [1.807, 2.05) is 0 Å². The second kappa shape index (κ2) is 7.61. The molecule has 2 atom stereocenters. The van der Waals surface area contributed by atoms with Crippen molar-refractivity contribution in [3.63, 3.8) is 0 Å². The van der Waals surface area contributed by atoms with Gasteiger partial charge in [-0.1, -0.05) is 6.92 Å². The zero-order valence-electron chi connectivity index (χ0n) is 16.8. The van der Waals surface area contributed by atoms with Crippen molar-refractivity contribution in [1.82, 2.24) is 19.6 Å². The molecule has 140 valence electrons. The quantitative estimate of drug-likeness (QED) is 0.764. The van der Waals surface area contributed by atoms with Crippen molar-refractivity contribution in [3.05, 3.63) is 0 Å². The summed E-state index contributed by atoms with van der Waals surface area (Å²) in [6, 6.07) is 2.21. The predicted octanol–water partition coefficient (Wildman–Crippen LogP) is 2.35. The standard InChI is InChI=1S/C20H40N4/c1-6-22-15-20(16-22)9-7-8-19(21(20)5)14-18(4)24-12-10-23(11-13-24)17(2)3/h17-19H,6-16H2,1-5H3. The molecular weight excluding hydrogens is 296 g/mol. The van der Waals surface area contributed by atoms with Crippen molar-refractivity contribution in [2.45, 2.75) is 77.0 Å². The third-order valence-electron chi connectivity index (χ3n) is 7.27. The lowest BCUT2D eigenvalue weighted by Gasteiger charge is -2.60. The molecule has 0 saturated carbocycles. The summed E-state index contributed by atoms with van der Waals surface area (Å²) in [5.74, 6) is 0. The highest BCUT2D eigenvalue weighted by Gasteiger charge is 2.49. The molecule has 0 N–H and O–H groups in total. The highest BCUT2D eigenvalue weighted by molar-refractivity contribution is 5.07. The van der Waals surface area contributed by atoms with Crippen molar-refractivity contribution in [2.24, 2.45) is 0 Å². The number of likely N-dealkylation sites (tertiary alicyclic amines) is 2. The normalized spacial score (nSPS) is 31.5. The van der Waals surface area contributed by atoms with E-state index < -0.39 is 0 Å². The number of likely N-dealkylation sites (N-methyl/N-ethyl adjacent to an activating group) is 2. The van der Waals surface area contributed by atoms with Gasteiger partial charge in [-0.3, -0.25) is 19.6 Å². The summed E-state index contributed by atoms with van der Waals surface area (Å²) in [5, 5.41) is 0. The SMILES string of the molecule is CCN1CC2(CCCC(CC(C)N3CCN(C(C)C)CC3)N2C)C1. The maximum Gasteiger partial charge on any atom is 0.0463 e. The van der Waals surface area contributed by atoms with Crippen molar-refractivity contribution < 1.29 is 0 Å². The van der Waals surface area contributed by atoms with Crippen LogP contribution in [-0.4, -0.2) is 96.1 Å². The molecule has 24 heavy (non-hydrogen) atoms. The van der Waals surface area contributed by atoms with Gasteiger partial charge in [0.05, 0.1) is 0 Å². The van der Waals surface area contributed by atoms with Crippen LogP contribution in [0, 0.1) is 0 Å². The molecule has 0 bridgehead atoms. The van der Waals surface area contributed by atoms with Gasteiger partial charge in [-0.25, -0.2) is 0 Å². The first-order valence-corrected chi connectivity index (χ1v) is 10.4. The molecule has 0 amide bonds. The molecule has 3 rings (SSSR count). The molecule has 2 unspecified atom stereocenters. The van der Waals surface area contributed by atoms with E-state index in [9.17, 15) is 0 Å². The summed E-state index contributed by atoms with van der Waals surface area (Å²) < 4.78 is 0. The van der Waals surface area contributed by atoms with Gasteiger partial charge in [0, 0.05) is 62.9 Å². The molecule has 3 heterocycles. The Hall–Kier alpha value is -0.160. The van der Waals surface area contributed by atoms with E-state index in [-0.39, 0.29) is 0 Å². The van der Waals surface area contributed by atoms with Gasteiger partial charge in [0.1, 0.15) is 0 Å².